The van der Waals surface area contributed by atoms with Gasteiger partial charge in [0, 0.05) is 0 Å². The van der Waals surface area contributed by atoms with E-state index in [9.17, 15) is 4.39 Å². The van der Waals surface area contributed by atoms with Gasteiger partial charge < -0.3 is 5.11 Å². The third-order valence-corrected chi connectivity index (χ3v) is 2.28. The third-order valence-electron chi connectivity index (χ3n) is 2.28. The van der Waals surface area contributed by atoms with Crippen LogP contribution in [0.3, 0.4) is 0 Å². The van der Waals surface area contributed by atoms with Gasteiger partial charge in [0.15, 0.2) is 0 Å². The lowest BCUT2D eigenvalue weighted by atomic mass is 9.96. The zero-order chi connectivity index (χ0) is 10.7. The summed E-state index contributed by atoms with van der Waals surface area (Å²) in [5.74, 6) is 0.284. The Hall–Kier alpha value is -0.890. The largest absolute Gasteiger partial charge is 0.392 e. The van der Waals surface area contributed by atoms with Crippen molar-refractivity contribution in [1.29, 1.82) is 0 Å². The molecule has 1 N–H and O–H groups in total. The van der Waals surface area contributed by atoms with Crippen molar-refractivity contribution in [2.24, 2.45) is 5.92 Å². The maximum atomic E-state index is 13.2. The predicted molar refractivity (Wildman–Crippen MR) is 55.6 cm³/mol. The minimum atomic E-state index is -0.235. The van der Waals surface area contributed by atoms with Crippen LogP contribution in [-0.2, 0) is 13.0 Å². The number of aryl methyl sites for hydroxylation is 1. The molecule has 0 aliphatic rings. The van der Waals surface area contributed by atoms with Crippen LogP contribution in [0.1, 0.15) is 30.5 Å². The highest BCUT2D eigenvalue weighted by atomic mass is 19.1. The van der Waals surface area contributed by atoms with E-state index in [1.54, 1.807) is 6.92 Å². The van der Waals surface area contributed by atoms with E-state index in [-0.39, 0.29) is 12.4 Å². The molecule has 0 atom stereocenters. The lowest BCUT2D eigenvalue weighted by molar-refractivity contribution is 0.279. The molecule has 0 saturated heterocycles. The average Bonchev–Trinajstić information content (AvgIpc) is 2.10. The molecule has 2 heteroatoms. The molecule has 0 amide bonds. The summed E-state index contributed by atoms with van der Waals surface area (Å²) in [4.78, 5) is 0. The monoisotopic (exact) mass is 196 g/mol. The molecule has 0 aliphatic heterocycles. The van der Waals surface area contributed by atoms with Crippen molar-refractivity contribution in [3.8, 4) is 0 Å². The maximum absolute atomic E-state index is 13.2. The Bertz CT molecular complexity index is 318. The Morgan fingerprint density at radius 1 is 1.29 bits per heavy atom. The van der Waals surface area contributed by atoms with Crippen LogP contribution >= 0.6 is 0 Å². The summed E-state index contributed by atoms with van der Waals surface area (Å²) in [6.45, 7) is 5.89. The molecule has 1 aromatic rings. The number of aliphatic hydroxyl groups is 1. The maximum Gasteiger partial charge on any atom is 0.126 e. The van der Waals surface area contributed by atoms with Gasteiger partial charge >= 0.3 is 0 Å². The Labute approximate surface area is 84.6 Å². The average molecular weight is 196 g/mol. The molecule has 0 spiro atoms. The first-order chi connectivity index (χ1) is 6.54. The molecule has 0 heterocycles. The number of rotatable bonds is 3. The summed E-state index contributed by atoms with van der Waals surface area (Å²) in [6.07, 6.45) is 0.886. The fourth-order valence-corrected chi connectivity index (χ4v) is 1.56. The van der Waals surface area contributed by atoms with Crippen molar-refractivity contribution in [3.63, 3.8) is 0 Å². The van der Waals surface area contributed by atoms with E-state index < -0.39 is 0 Å². The molecule has 14 heavy (non-hydrogen) atoms. The van der Waals surface area contributed by atoms with E-state index in [0.29, 0.717) is 17.0 Å². The Morgan fingerprint density at radius 3 is 2.43 bits per heavy atom. The van der Waals surface area contributed by atoms with Gasteiger partial charge in [0.2, 0.25) is 0 Å². The predicted octanol–water partition coefficient (Wildman–Crippen LogP) is 2.82. The molecule has 0 radical (unpaired) electrons. The molecular formula is C12H17FO. The van der Waals surface area contributed by atoms with Gasteiger partial charge in [0.05, 0.1) is 6.61 Å². The normalized spacial score (nSPS) is 11.0. The van der Waals surface area contributed by atoms with Gasteiger partial charge in [0.25, 0.3) is 0 Å². The SMILES string of the molecule is Cc1cc(CC(C)C)c(CO)cc1F. The molecule has 78 valence electrons. The Balaban J connectivity index is 3.07. The van der Waals surface area contributed by atoms with E-state index in [1.165, 1.54) is 6.07 Å². The summed E-state index contributed by atoms with van der Waals surface area (Å²) < 4.78 is 13.2. The first-order valence-corrected chi connectivity index (χ1v) is 4.93. The van der Waals surface area contributed by atoms with Crippen molar-refractivity contribution in [2.45, 2.75) is 33.8 Å². The van der Waals surface area contributed by atoms with Gasteiger partial charge in [-0.05, 0) is 42.0 Å². The first-order valence-electron chi connectivity index (χ1n) is 4.93. The van der Waals surface area contributed by atoms with Crippen LogP contribution in [0.2, 0.25) is 0 Å². The third kappa shape index (κ3) is 2.55. The summed E-state index contributed by atoms with van der Waals surface area (Å²) in [5, 5.41) is 9.08. The number of halogens is 1. The molecule has 0 unspecified atom stereocenters. The standard InChI is InChI=1S/C12H17FO/c1-8(2)4-10-5-9(3)12(13)6-11(10)7-14/h5-6,8,14H,4,7H2,1-3H3. The highest BCUT2D eigenvalue weighted by Crippen LogP contribution is 2.18. The summed E-state index contributed by atoms with van der Waals surface area (Å²) in [6, 6.07) is 3.27. The van der Waals surface area contributed by atoms with Crippen LogP contribution in [0.25, 0.3) is 0 Å². The smallest absolute Gasteiger partial charge is 0.126 e. The van der Waals surface area contributed by atoms with Gasteiger partial charge in [0.1, 0.15) is 5.82 Å². The van der Waals surface area contributed by atoms with Gasteiger partial charge in [-0.3, -0.25) is 0 Å². The van der Waals surface area contributed by atoms with E-state index >= 15 is 0 Å². The Morgan fingerprint density at radius 2 is 1.93 bits per heavy atom. The fraction of sp³-hybridized carbons (Fsp3) is 0.500. The second kappa shape index (κ2) is 4.56. The molecule has 1 aromatic carbocycles. The van der Waals surface area contributed by atoms with Crippen LogP contribution in [0.5, 0.6) is 0 Å². The van der Waals surface area contributed by atoms with Crippen molar-refractivity contribution >= 4 is 0 Å². The van der Waals surface area contributed by atoms with E-state index in [0.717, 1.165) is 12.0 Å². The minimum absolute atomic E-state index is 0.0841. The van der Waals surface area contributed by atoms with Crippen molar-refractivity contribution in [1.82, 2.24) is 0 Å². The highest BCUT2D eigenvalue weighted by Gasteiger charge is 2.07. The summed E-state index contributed by atoms with van der Waals surface area (Å²) >= 11 is 0. The van der Waals surface area contributed by atoms with E-state index in [1.807, 2.05) is 6.07 Å². The number of hydrogen-bond acceptors (Lipinski definition) is 1. The second-order valence-electron chi connectivity index (χ2n) is 4.13. The quantitative estimate of drug-likeness (QED) is 0.788. The molecule has 0 bridgehead atoms. The molecule has 0 saturated carbocycles. The van der Waals surface area contributed by atoms with E-state index in [2.05, 4.69) is 13.8 Å². The van der Waals surface area contributed by atoms with Crippen LogP contribution in [0.15, 0.2) is 12.1 Å². The first kappa shape index (κ1) is 11.2. The summed E-state index contributed by atoms with van der Waals surface area (Å²) in [7, 11) is 0. The molecule has 0 aliphatic carbocycles. The topological polar surface area (TPSA) is 20.2 Å². The van der Waals surface area contributed by atoms with Gasteiger partial charge in [-0.2, -0.15) is 0 Å². The lowest BCUT2D eigenvalue weighted by Gasteiger charge is -2.11. The zero-order valence-electron chi connectivity index (χ0n) is 8.97. The second-order valence-corrected chi connectivity index (χ2v) is 4.13. The van der Waals surface area contributed by atoms with Gasteiger partial charge in [-0.25, -0.2) is 4.39 Å². The number of aliphatic hydroxyl groups excluding tert-OH is 1. The summed E-state index contributed by atoms with van der Waals surface area (Å²) in [5.41, 5.74) is 2.42. The zero-order valence-corrected chi connectivity index (χ0v) is 8.97. The highest BCUT2D eigenvalue weighted by molar-refractivity contribution is 5.32. The van der Waals surface area contributed by atoms with Crippen LogP contribution in [-0.4, -0.2) is 5.11 Å². The number of hydrogen-bond donors (Lipinski definition) is 1. The number of benzene rings is 1. The van der Waals surface area contributed by atoms with Crippen molar-refractivity contribution in [2.75, 3.05) is 0 Å². The van der Waals surface area contributed by atoms with Crippen LogP contribution < -0.4 is 0 Å². The fourth-order valence-electron chi connectivity index (χ4n) is 1.56. The Kier molecular flexibility index (Phi) is 3.64. The molecule has 1 nitrogen and oxygen atoms in total. The molecule has 0 fully saturated rings. The molecule has 0 aromatic heterocycles. The molecular weight excluding hydrogens is 179 g/mol. The van der Waals surface area contributed by atoms with Crippen molar-refractivity contribution < 1.29 is 9.50 Å². The lowest BCUT2D eigenvalue weighted by Crippen LogP contribution is -2.01. The molecule has 1 rings (SSSR count). The van der Waals surface area contributed by atoms with E-state index in [4.69, 9.17) is 5.11 Å². The van der Waals surface area contributed by atoms with Gasteiger partial charge in [-0.1, -0.05) is 19.9 Å². The van der Waals surface area contributed by atoms with Crippen LogP contribution in [0.4, 0.5) is 4.39 Å². The van der Waals surface area contributed by atoms with Gasteiger partial charge in [-0.15, -0.1) is 0 Å². The van der Waals surface area contributed by atoms with Crippen molar-refractivity contribution in [3.05, 3.63) is 34.6 Å². The van der Waals surface area contributed by atoms with Crippen LogP contribution in [0, 0.1) is 18.7 Å². The minimum Gasteiger partial charge on any atom is -0.392 e.